The van der Waals surface area contributed by atoms with Crippen molar-refractivity contribution in [2.45, 2.75) is 71.6 Å². The van der Waals surface area contributed by atoms with Gasteiger partial charge in [-0.1, -0.05) is 20.3 Å². The van der Waals surface area contributed by atoms with Crippen LogP contribution >= 0.6 is 0 Å². The van der Waals surface area contributed by atoms with Crippen LogP contribution in [0.5, 0.6) is 0 Å². The van der Waals surface area contributed by atoms with E-state index in [-0.39, 0.29) is 17.2 Å². The van der Waals surface area contributed by atoms with Gasteiger partial charge in [-0.3, -0.25) is 4.79 Å². The first-order chi connectivity index (χ1) is 14.9. The van der Waals surface area contributed by atoms with Crippen molar-refractivity contribution in [3.8, 4) is 0 Å². The molecule has 170 valence electrons. The standard InChI is InChI=1S/C28H40FNO/c1-18-4-10-22-19(16-18)5-11-24-23(22)14-15-28(2)25(24)12-13-26(28)27(31)17-30(3)21-8-6-20(29)7-9-21/h6-9,18-19,22-26H,4-5,10-17H2,1-3H3/t18?,19?,22?,23?,24-,25?,26-,28?/m1/s1. The van der Waals surface area contributed by atoms with Crippen LogP contribution in [0.3, 0.4) is 0 Å². The lowest BCUT2D eigenvalue weighted by molar-refractivity contribution is -0.129. The second-order valence-electron chi connectivity index (χ2n) is 11.8. The maximum absolute atomic E-state index is 13.5. The molecule has 0 aliphatic heterocycles. The molecule has 0 radical (unpaired) electrons. The average Bonchev–Trinajstić information content (AvgIpc) is 3.11. The third-order valence-electron chi connectivity index (χ3n) is 10.3. The number of carbonyl (C=O) groups excluding carboxylic acids is 1. The van der Waals surface area contributed by atoms with Crippen LogP contribution in [0.1, 0.15) is 71.6 Å². The first-order valence-electron chi connectivity index (χ1n) is 12.9. The number of benzene rings is 1. The van der Waals surface area contributed by atoms with Gasteiger partial charge in [0.15, 0.2) is 5.78 Å². The van der Waals surface area contributed by atoms with Crippen molar-refractivity contribution >= 4 is 11.5 Å². The van der Waals surface area contributed by atoms with E-state index in [1.165, 1.54) is 63.5 Å². The van der Waals surface area contributed by atoms with E-state index in [2.05, 4.69) is 13.8 Å². The highest BCUT2D eigenvalue weighted by molar-refractivity contribution is 5.86. The van der Waals surface area contributed by atoms with Crippen LogP contribution in [0.15, 0.2) is 24.3 Å². The summed E-state index contributed by atoms with van der Waals surface area (Å²) in [6, 6.07) is 6.51. The summed E-state index contributed by atoms with van der Waals surface area (Å²) in [5.41, 5.74) is 1.11. The minimum Gasteiger partial charge on any atom is -0.367 e. The van der Waals surface area contributed by atoms with Crippen LogP contribution in [0.2, 0.25) is 0 Å². The number of halogens is 1. The average molecular weight is 426 g/mol. The molecule has 0 saturated heterocycles. The molecule has 0 heterocycles. The molecular weight excluding hydrogens is 385 g/mol. The summed E-state index contributed by atoms with van der Waals surface area (Å²) in [6.45, 7) is 5.35. The number of ketones is 1. The van der Waals surface area contributed by atoms with E-state index in [4.69, 9.17) is 0 Å². The largest absolute Gasteiger partial charge is 0.367 e. The Bertz CT molecular complexity index is 806. The fraction of sp³-hybridized carbons (Fsp3) is 0.750. The van der Waals surface area contributed by atoms with E-state index in [0.717, 1.165) is 47.6 Å². The van der Waals surface area contributed by atoms with Gasteiger partial charge < -0.3 is 4.90 Å². The van der Waals surface area contributed by atoms with Crippen molar-refractivity contribution in [1.82, 2.24) is 0 Å². The zero-order valence-electron chi connectivity index (χ0n) is 19.7. The zero-order chi connectivity index (χ0) is 21.8. The fourth-order valence-corrected chi connectivity index (χ4v) is 8.75. The smallest absolute Gasteiger partial charge is 0.155 e. The first-order valence-corrected chi connectivity index (χ1v) is 12.9. The van der Waals surface area contributed by atoms with E-state index >= 15 is 0 Å². The van der Waals surface area contributed by atoms with Crippen molar-refractivity contribution in [3.05, 3.63) is 30.1 Å². The quantitative estimate of drug-likeness (QED) is 0.533. The van der Waals surface area contributed by atoms with Crippen molar-refractivity contribution in [2.75, 3.05) is 18.5 Å². The molecule has 8 atom stereocenters. The molecule has 0 bridgehead atoms. The van der Waals surface area contributed by atoms with Gasteiger partial charge in [-0.05, 0) is 117 Å². The van der Waals surface area contributed by atoms with E-state index in [1.54, 1.807) is 12.1 Å². The topological polar surface area (TPSA) is 20.3 Å². The molecule has 6 unspecified atom stereocenters. The summed E-state index contributed by atoms with van der Waals surface area (Å²) in [4.78, 5) is 15.5. The van der Waals surface area contributed by atoms with Gasteiger partial charge in [-0.25, -0.2) is 4.39 Å². The van der Waals surface area contributed by atoms with Gasteiger partial charge in [0.25, 0.3) is 0 Å². The molecule has 0 aromatic heterocycles. The lowest BCUT2D eigenvalue weighted by Gasteiger charge is -2.56. The van der Waals surface area contributed by atoms with Gasteiger partial charge in [-0.15, -0.1) is 0 Å². The number of anilines is 1. The third-order valence-corrected chi connectivity index (χ3v) is 10.3. The molecule has 5 rings (SSSR count). The molecule has 4 fully saturated rings. The maximum Gasteiger partial charge on any atom is 0.155 e. The molecule has 0 N–H and O–H groups in total. The second-order valence-corrected chi connectivity index (χ2v) is 11.8. The van der Waals surface area contributed by atoms with Gasteiger partial charge >= 0.3 is 0 Å². The number of fused-ring (bicyclic) bond motifs is 5. The molecule has 3 heteroatoms. The summed E-state index contributed by atoms with van der Waals surface area (Å²) >= 11 is 0. The normalized spacial score (nSPS) is 41.7. The van der Waals surface area contributed by atoms with Crippen LogP contribution in [0.25, 0.3) is 0 Å². The summed E-state index contributed by atoms with van der Waals surface area (Å²) in [7, 11) is 1.96. The SMILES string of the molecule is CC1CCC2C(CC[C@@H]3C2CCC2(C)C3CC[C@@H]2C(=O)CN(C)c2ccc(F)cc2)C1. The monoisotopic (exact) mass is 425 g/mol. The summed E-state index contributed by atoms with van der Waals surface area (Å²) in [5.74, 6) is 5.79. The molecule has 2 nitrogen and oxygen atoms in total. The van der Waals surface area contributed by atoms with Crippen molar-refractivity contribution < 1.29 is 9.18 Å². The van der Waals surface area contributed by atoms with E-state index in [9.17, 15) is 9.18 Å². The number of carbonyl (C=O) groups is 1. The van der Waals surface area contributed by atoms with Gasteiger partial charge in [0.2, 0.25) is 0 Å². The molecule has 4 aliphatic rings. The third kappa shape index (κ3) is 3.74. The number of nitrogens with zero attached hydrogens (tertiary/aromatic N) is 1. The van der Waals surface area contributed by atoms with Gasteiger partial charge in [0, 0.05) is 18.7 Å². The Kier molecular flexibility index (Phi) is 5.67. The zero-order valence-corrected chi connectivity index (χ0v) is 19.7. The number of Topliss-reactive ketones (excluding diaryl/α,β-unsaturated/α-hetero) is 1. The fourth-order valence-electron chi connectivity index (χ4n) is 8.75. The summed E-state index contributed by atoms with van der Waals surface area (Å²) in [5, 5.41) is 0. The highest BCUT2D eigenvalue weighted by atomic mass is 19.1. The highest BCUT2D eigenvalue weighted by Crippen LogP contribution is 2.64. The van der Waals surface area contributed by atoms with E-state index in [1.807, 2.05) is 11.9 Å². The van der Waals surface area contributed by atoms with Gasteiger partial charge in [-0.2, -0.15) is 0 Å². The van der Waals surface area contributed by atoms with Crippen LogP contribution < -0.4 is 4.90 Å². The Morgan fingerprint density at radius 2 is 1.74 bits per heavy atom. The van der Waals surface area contributed by atoms with Gasteiger partial charge in [0.1, 0.15) is 5.82 Å². The number of likely N-dealkylation sites (N-methyl/N-ethyl adjacent to an activating group) is 1. The van der Waals surface area contributed by atoms with Crippen molar-refractivity contribution in [1.29, 1.82) is 0 Å². The molecule has 1 aromatic rings. The Morgan fingerprint density at radius 3 is 2.52 bits per heavy atom. The second kappa shape index (κ2) is 8.19. The van der Waals surface area contributed by atoms with Crippen LogP contribution in [-0.4, -0.2) is 19.4 Å². The Morgan fingerprint density at radius 1 is 1.00 bits per heavy atom. The molecule has 4 aliphatic carbocycles. The van der Waals surface area contributed by atoms with Crippen molar-refractivity contribution in [2.24, 2.45) is 46.8 Å². The first kappa shape index (κ1) is 21.5. The van der Waals surface area contributed by atoms with E-state index in [0.29, 0.717) is 12.3 Å². The maximum atomic E-state index is 13.5. The Labute approximate surface area is 188 Å². The highest BCUT2D eigenvalue weighted by Gasteiger charge is 2.58. The predicted octanol–water partition coefficient (Wildman–Crippen LogP) is 6.74. The number of rotatable bonds is 4. The lowest BCUT2D eigenvalue weighted by Crippen LogP contribution is -2.50. The van der Waals surface area contributed by atoms with Crippen molar-refractivity contribution in [3.63, 3.8) is 0 Å². The molecule has 1 aromatic carbocycles. The number of hydrogen-bond acceptors (Lipinski definition) is 2. The summed E-state index contributed by atoms with van der Waals surface area (Å²) < 4.78 is 13.3. The molecule has 4 saturated carbocycles. The Balaban J connectivity index is 1.28. The van der Waals surface area contributed by atoms with Crippen LogP contribution in [0.4, 0.5) is 10.1 Å². The molecule has 0 spiro atoms. The molecule has 31 heavy (non-hydrogen) atoms. The van der Waals surface area contributed by atoms with Crippen LogP contribution in [-0.2, 0) is 4.79 Å². The van der Waals surface area contributed by atoms with Gasteiger partial charge in [0.05, 0.1) is 6.54 Å². The number of hydrogen-bond donors (Lipinski definition) is 0. The predicted molar refractivity (Wildman–Crippen MR) is 124 cm³/mol. The van der Waals surface area contributed by atoms with Crippen LogP contribution in [0, 0.1) is 52.7 Å². The summed E-state index contributed by atoms with van der Waals surface area (Å²) in [6.07, 6.45) is 12.1. The van der Waals surface area contributed by atoms with E-state index < -0.39 is 0 Å². The minimum absolute atomic E-state index is 0.191. The molecule has 0 amide bonds. The Hall–Kier alpha value is -1.38. The molecular formula is C28H40FNO. The lowest BCUT2D eigenvalue weighted by atomic mass is 9.49. The minimum atomic E-state index is -0.228.